The largest absolute Gasteiger partial charge is 0.383 e. The van der Waals surface area contributed by atoms with Crippen molar-refractivity contribution in [3.8, 4) is 0 Å². The van der Waals surface area contributed by atoms with E-state index in [1.54, 1.807) is 13.3 Å². The lowest BCUT2D eigenvalue weighted by Gasteiger charge is -2.13. The van der Waals surface area contributed by atoms with Crippen LogP contribution in [-0.4, -0.2) is 44.8 Å². The molecule has 0 radical (unpaired) electrons. The summed E-state index contributed by atoms with van der Waals surface area (Å²) in [4.78, 5) is 10.5. The third-order valence-corrected chi connectivity index (χ3v) is 2.51. The Kier molecular flexibility index (Phi) is 9.23. The topological polar surface area (TPSA) is 75.8 Å². The predicted octanol–water partition coefficient (Wildman–Crippen LogP) is 1.20. The van der Waals surface area contributed by atoms with Crippen molar-refractivity contribution in [3.63, 3.8) is 0 Å². The van der Waals surface area contributed by atoms with Crippen LogP contribution >= 0.6 is 24.0 Å². The summed E-state index contributed by atoms with van der Waals surface area (Å²) < 4.78 is 5.02. The second kappa shape index (κ2) is 9.76. The van der Waals surface area contributed by atoms with Crippen LogP contribution in [0.4, 0.5) is 5.82 Å². The Bertz CT molecular complexity index is 425. The number of anilines is 1. The van der Waals surface area contributed by atoms with E-state index in [0.717, 1.165) is 11.4 Å². The Hall–Kier alpha value is -1.09. The number of aliphatic imine (C=N–C) groups is 1. The number of hydrogen-bond acceptors (Lipinski definition) is 4. The van der Waals surface area contributed by atoms with Gasteiger partial charge < -0.3 is 20.7 Å². The second-order valence-corrected chi connectivity index (χ2v) is 4.62. The van der Waals surface area contributed by atoms with Gasteiger partial charge in [0.1, 0.15) is 5.82 Å². The first kappa shape index (κ1) is 18.9. The number of nitrogens with zero attached hydrogens (tertiary/aromatic N) is 3. The molecule has 0 aliphatic heterocycles. The van der Waals surface area contributed by atoms with Crippen LogP contribution in [0.1, 0.15) is 12.5 Å². The average Bonchev–Trinajstić information content (AvgIpc) is 2.37. The fraction of sp³-hybridized carbons (Fsp3) is 0.538. The van der Waals surface area contributed by atoms with Crippen LogP contribution in [0.15, 0.2) is 23.3 Å². The highest BCUT2D eigenvalue weighted by molar-refractivity contribution is 14.0. The number of methoxy groups -OCH3 is 1. The van der Waals surface area contributed by atoms with Gasteiger partial charge in [0.15, 0.2) is 5.96 Å². The molecule has 0 amide bonds. The zero-order valence-corrected chi connectivity index (χ0v) is 14.8. The fourth-order valence-corrected chi connectivity index (χ4v) is 1.57. The first-order chi connectivity index (χ1) is 9.02. The van der Waals surface area contributed by atoms with E-state index in [1.165, 1.54) is 0 Å². The summed E-state index contributed by atoms with van der Waals surface area (Å²) >= 11 is 0. The van der Waals surface area contributed by atoms with Crippen molar-refractivity contribution >= 4 is 35.8 Å². The number of nitrogens with two attached hydrogens (primary N) is 1. The van der Waals surface area contributed by atoms with Gasteiger partial charge in [-0.1, -0.05) is 0 Å². The molecule has 1 unspecified atom stereocenters. The molecule has 1 heterocycles. The molecule has 0 saturated carbocycles. The van der Waals surface area contributed by atoms with Gasteiger partial charge in [-0.2, -0.15) is 0 Å². The molecule has 0 saturated heterocycles. The smallest absolute Gasteiger partial charge is 0.189 e. The molecule has 0 aliphatic carbocycles. The Labute approximate surface area is 137 Å². The number of hydrogen-bond donors (Lipinski definition) is 2. The number of rotatable bonds is 6. The Morgan fingerprint density at radius 1 is 1.55 bits per heavy atom. The van der Waals surface area contributed by atoms with Crippen molar-refractivity contribution in [2.24, 2.45) is 10.7 Å². The van der Waals surface area contributed by atoms with E-state index in [9.17, 15) is 0 Å². The molecule has 0 spiro atoms. The number of ether oxygens (including phenoxy) is 1. The van der Waals surface area contributed by atoms with Crippen molar-refractivity contribution in [2.75, 3.05) is 32.7 Å². The molecule has 0 fully saturated rings. The zero-order valence-electron chi connectivity index (χ0n) is 12.5. The summed E-state index contributed by atoms with van der Waals surface area (Å²) in [5.41, 5.74) is 6.88. The van der Waals surface area contributed by atoms with Gasteiger partial charge in [-0.05, 0) is 24.6 Å². The van der Waals surface area contributed by atoms with Crippen molar-refractivity contribution in [2.45, 2.75) is 19.5 Å². The van der Waals surface area contributed by atoms with Gasteiger partial charge in [0.05, 0.1) is 13.2 Å². The number of pyridine rings is 1. The van der Waals surface area contributed by atoms with Gasteiger partial charge in [-0.15, -0.1) is 24.0 Å². The van der Waals surface area contributed by atoms with Gasteiger partial charge in [-0.25, -0.2) is 9.98 Å². The van der Waals surface area contributed by atoms with E-state index in [2.05, 4.69) is 15.3 Å². The van der Waals surface area contributed by atoms with Gasteiger partial charge in [0, 0.05) is 33.4 Å². The third kappa shape index (κ3) is 6.90. The van der Waals surface area contributed by atoms with Crippen molar-refractivity contribution in [1.82, 2.24) is 10.3 Å². The normalized spacial score (nSPS) is 12.5. The number of halogens is 1. The van der Waals surface area contributed by atoms with Crippen LogP contribution in [-0.2, 0) is 11.3 Å². The molecule has 1 atom stereocenters. The van der Waals surface area contributed by atoms with Crippen molar-refractivity contribution in [1.29, 1.82) is 0 Å². The first-order valence-corrected chi connectivity index (χ1v) is 6.20. The van der Waals surface area contributed by atoms with Gasteiger partial charge in [0.2, 0.25) is 0 Å². The minimum absolute atomic E-state index is 0. The molecule has 3 N–H and O–H groups in total. The highest BCUT2D eigenvalue weighted by Crippen LogP contribution is 2.10. The molecule has 0 aromatic carbocycles. The molecule has 0 bridgehead atoms. The molecule has 1 aromatic rings. The Morgan fingerprint density at radius 2 is 2.25 bits per heavy atom. The molecule has 1 rings (SSSR count). The summed E-state index contributed by atoms with van der Waals surface area (Å²) in [6.07, 6.45) is 1.78. The average molecular weight is 393 g/mol. The van der Waals surface area contributed by atoms with Crippen molar-refractivity contribution < 1.29 is 4.74 Å². The molecular formula is C13H24IN5O. The first-order valence-electron chi connectivity index (χ1n) is 6.20. The standard InChI is InChI=1S/C13H23N5O.HI/c1-10(9-19-4)17-13(14)16-8-11-5-6-15-12(7-11)18(2)3;/h5-7,10H,8-9H2,1-4H3,(H3,14,16,17);1H. The van der Waals surface area contributed by atoms with Crippen LogP contribution in [0, 0.1) is 0 Å². The van der Waals surface area contributed by atoms with E-state index in [1.807, 2.05) is 38.1 Å². The third-order valence-electron chi connectivity index (χ3n) is 2.51. The maximum atomic E-state index is 5.81. The summed E-state index contributed by atoms with van der Waals surface area (Å²) in [5.74, 6) is 1.33. The van der Waals surface area contributed by atoms with Crippen LogP contribution in [0.25, 0.3) is 0 Å². The fourth-order valence-electron chi connectivity index (χ4n) is 1.57. The van der Waals surface area contributed by atoms with Gasteiger partial charge >= 0.3 is 0 Å². The molecular weight excluding hydrogens is 369 g/mol. The number of aromatic nitrogens is 1. The summed E-state index contributed by atoms with van der Waals surface area (Å²) in [7, 11) is 5.57. The SMILES string of the molecule is COCC(C)NC(N)=NCc1ccnc(N(C)C)c1.I. The van der Waals surface area contributed by atoms with E-state index in [0.29, 0.717) is 19.1 Å². The quantitative estimate of drug-likeness (QED) is 0.432. The summed E-state index contributed by atoms with van der Waals surface area (Å²) in [6, 6.07) is 4.07. The monoisotopic (exact) mass is 393 g/mol. The summed E-state index contributed by atoms with van der Waals surface area (Å²) in [6.45, 7) is 3.11. The zero-order chi connectivity index (χ0) is 14.3. The lowest BCUT2D eigenvalue weighted by Crippen LogP contribution is -2.40. The molecule has 1 aromatic heterocycles. The maximum absolute atomic E-state index is 5.81. The minimum Gasteiger partial charge on any atom is -0.383 e. The Balaban J connectivity index is 0.00000361. The molecule has 6 nitrogen and oxygen atoms in total. The highest BCUT2D eigenvalue weighted by atomic mass is 127. The van der Waals surface area contributed by atoms with Gasteiger partial charge in [-0.3, -0.25) is 0 Å². The van der Waals surface area contributed by atoms with Crippen LogP contribution < -0.4 is 16.0 Å². The maximum Gasteiger partial charge on any atom is 0.189 e. The van der Waals surface area contributed by atoms with Gasteiger partial charge in [0.25, 0.3) is 0 Å². The number of guanidine groups is 1. The van der Waals surface area contributed by atoms with Crippen LogP contribution in [0.3, 0.4) is 0 Å². The Morgan fingerprint density at radius 3 is 2.85 bits per heavy atom. The number of nitrogens with one attached hydrogen (secondary N) is 1. The lowest BCUT2D eigenvalue weighted by molar-refractivity contribution is 0.179. The molecule has 7 heteroatoms. The predicted molar refractivity (Wildman–Crippen MR) is 93.8 cm³/mol. The molecule has 20 heavy (non-hydrogen) atoms. The highest BCUT2D eigenvalue weighted by Gasteiger charge is 2.02. The van der Waals surface area contributed by atoms with Crippen LogP contribution in [0.2, 0.25) is 0 Å². The lowest BCUT2D eigenvalue weighted by atomic mass is 10.2. The van der Waals surface area contributed by atoms with E-state index < -0.39 is 0 Å². The van der Waals surface area contributed by atoms with E-state index in [4.69, 9.17) is 10.5 Å². The molecule has 0 aliphatic rings. The minimum atomic E-state index is 0. The molecule has 114 valence electrons. The van der Waals surface area contributed by atoms with E-state index in [-0.39, 0.29) is 30.0 Å². The van der Waals surface area contributed by atoms with Crippen molar-refractivity contribution in [3.05, 3.63) is 23.9 Å². The van der Waals surface area contributed by atoms with Crippen LogP contribution in [0.5, 0.6) is 0 Å². The summed E-state index contributed by atoms with van der Waals surface area (Å²) in [5, 5.41) is 3.07. The van der Waals surface area contributed by atoms with E-state index >= 15 is 0 Å². The second-order valence-electron chi connectivity index (χ2n) is 4.62.